The van der Waals surface area contributed by atoms with Crippen molar-refractivity contribution < 1.29 is 18.0 Å². The summed E-state index contributed by atoms with van der Waals surface area (Å²) >= 11 is 0. The van der Waals surface area contributed by atoms with Crippen LogP contribution in [0.4, 0.5) is 13.2 Å². The highest BCUT2D eigenvalue weighted by Gasteiger charge is 2.39. The lowest BCUT2D eigenvalue weighted by Crippen LogP contribution is -2.41. The van der Waals surface area contributed by atoms with E-state index in [1.165, 1.54) is 6.07 Å². The van der Waals surface area contributed by atoms with E-state index in [-0.39, 0.29) is 11.9 Å². The van der Waals surface area contributed by atoms with Crippen LogP contribution in [0.1, 0.15) is 38.3 Å². The Kier molecular flexibility index (Phi) is 3.56. The van der Waals surface area contributed by atoms with Crippen molar-refractivity contribution in [1.29, 1.82) is 0 Å². The van der Waals surface area contributed by atoms with E-state index >= 15 is 0 Å². The number of hydrogen-bond acceptors (Lipinski definition) is 1. The van der Waals surface area contributed by atoms with Crippen LogP contribution in [0.2, 0.25) is 0 Å². The summed E-state index contributed by atoms with van der Waals surface area (Å²) in [6, 6.07) is 5.13. The molecule has 1 aromatic rings. The molecule has 0 spiro atoms. The molecule has 0 bridgehead atoms. The fraction of sp³-hybridized carbons (Fsp3) is 0.533. The van der Waals surface area contributed by atoms with Gasteiger partial charge in [0.05, 0.1) is 11.0 Å². The molecule has 110 valence electrons. The van der Waals surface area contributed by atoms with Gasteiger partial charge in [-0.1, -0.05) is 25.1 Å². The summed E-state index contributed by atoms with van der Waals surface area (Å²) < 4.78 is 38.2. The molecule has 1 amide bonds. The van der Waals surface area contributed by atoms with Gasteiger partial charge >= 0.3 is 6.18 Å². The zero-order valence-corrected chi connectivity index (χ0v) is 11.7. The molecule has 5 heteroatoms. The maximum atomic E-state index is 12.7. The summed E-state index contributed by atoms with van der Waals surface area (Å²) in [5.74, 6) is 0.224. The molecule has 0 saturated heterocycles. The molecule has 0 aliphatic heterocycles. The normalized spacial score (nSPS) is 22.5. The molecule has 0 heterocycles. The average Bonchev–Trinajstić information content (AvgIpc) is 3.04. The van der Waals surface area contributed by atoms with Crippen LogP contribution in [-0.4, -0.2) is 11.9 Å². The number of halogens is 3. The lowest BCUT2D eigenvalue weighted by molar-refractivity contribution is -0.138. The zero-order valence-electron chi connectivity index (χ0n) is 11.7. The number of amides is 1. The first kappa shape index (κ1) is 14.9. The summed E-state index contributed by atoms with van der Waals surface area (Å²) in [7, 11) is 0. The molecule has 2 atom stereocenters. The molecule has 0 radical (unpaired) electrons. The quantitative estimate of drug-likeness (QED) is 0.904. The molecule has 1 fully saturated rings. The Morgan fingerprint density at radius 2 is 1.80 bits per heavy atom. The van der Waals surface area contributed by atoms with E-state index in [1.54, 1.807) is 19.9 Å². The number of carbonyl (C=O) groups excluding carboxylic acids is 1. The van der Waals surface area contributed by atoms with Gasteiger partial charge in [-0.3, -0.25) is 4.79 Å². The Labute approximate surface area is 116 Å². The molecule has 1 aliphatic rings. The molecule has 1 saturated carbocycles. The summed E-state index contributed by atoms with van der Waals surface area (Å²) in [6.07, 6.45) is -3.46. The van der Waals surface area contributed by atoms with Crippen LogP contribution in [0.5, 0.6) is 0 Å². The van der Waals surface area contributed by atoms with Crippen LogP contribution in [0.3, 0.4) is 0 Å². The minimum Gasteiger partial charge on any atom is -0.352 e. The molecule has 1 N–H and O–H groups in total. The van der Waals surface area contributed by atoms with Gasteiger partial charge in [0.25, 0.3) is 0 Å². The van der Waals surface area contributed by atoms with Crippen LogP contribution in [0, 0.1) is 5.92 Å². The number of rotatable bonds is 3. The smallest absolute Gasteiger partial charge is 0.352 e. The number of hydrogen-bond donors (Lipinski definition) is 1. The van der Waals surface area contributed by atoms with Crippen molar-refractivity contribution in [2.45, 2.75) is 44.8 Å². The van der Waals surface area contributed by atoms with Gasteiger partial charge < -0.3 is 5.32 Å². The summed E-state index contributed by atoms with van der Waals surface area (Å²) in [5, 5.41) is 2.88. The number of benzene rings is 1. The van der Waals surface area contributed by atoms with Gasteiger partial charge in [-0.25, -0.2) is 0 Å². The molecule has 1 aromatic carbocycles. The first-order chi connectivity index (χ1) is 9.12. The third-order valence-corrected chi connectivity index (χ3v) is 3.91. The molecular formula is C15H18F3NO. The predicted molar refractivity (Wildman–Crippen MR) is 70.2 cm³/mol. The number of nitrogens with one attached hydrogen (secondary N) is 1. The topological polar surface area (TPSA) is 29.1 Å². The highest BCUT2D eigenvalue weighted by molar-refractivity contribution is 5.87. The zero-order chi connectivity index (χ0) is 15.1. The van der Waals surface area contributed by atoms with Crippen LogP contribution >= 0.6 is 0 Å². The minimum atomic E-state index is -4.40. The highest BCUT2D eigenvalue weighted by atomic mass is 19.4. The first-order valence-corrected chi connectivity index (χ1v) is 6.61. The Bertz CT molecular complexity index is 522. The molecular weight excluding hydrogens is 267 g/mol. The first-order valence-electron chi connectivity index (χ1n) is 6.61. The van der Waals surface area contributed by atoms with Crippen molar-refractivity contribution in [3.63, 3.8) is 0 Å². The third kappa shape index (κ3) is 2.97. The fourth-order valence-electron chi connectivity index (χ4n) is 2.09. The van der Waals surface area contributed by atoms with Gasteiger partial charge in [0, 0.05) is 6.04 Å². The Morgan fingerprint density at radius 1 is 1.25 bits per heavy atom. The molecule has 1 aliphatic carbocycles. The van der Waals surface area contributed by atoms with Crippen molar-refractivity contribution in [3.05, 3.63) is 35.4 Å². The van der Waals surface area contributed by atoms with E-state index < -0.39 is 17.2 Å². The molecule has 20 heavy (non-hydrogen) atoms. The second-order valence-electron chi connectivity index (χ2n) is 6.00. The van der Waals surface area contributed by atoms with E-state index in [0.29, 0.717) is 11.5 Å². The van der Waals surface area contributed by atoms with E-state index in [4.69, 9.17) is 0 Å². The average molecular weight is 285 g/mol. The maximum absolute atomic E-state index is 12.7. The maximum Gasteiger partial charge on any atom is 0.416 e. The molecule has 2 rings (SSSR count). The third-order valence-electron chi connectivity index (χ3n) is 3.91. The van der Waals surface area contributed by atoms with E-state index in [9.17, 15) is 18.0 Å². The number of carbonyl (C=O) groups is 1. The van der Waals surface area contributed by atoms with Gasteiger partial charge in [-0.15, -0.1) is 0 Å². The fourth-order valence-corrected chi connectivity index (χ4v) is 2.09. The van der Waals surface area contributed by atoms with Gasteiger partial charge in [0.15, 0.2) is 0 Å². The lowest BCUT2D eigenvalue weighted by Gasteiger charge is -2.25. The SMILES string of the molecule is CC1CC1NC(=O)C(C)(C)c1cccc(C(F)(F)F)c1. The van der Waals surface area contributed by atoms with E-state index in [1.807, 2.05) is 6.92 Å². The summed E-state index contributed by atoms with van der Waals surface area (Å²) in [4.78, 5) is 12.2. The van der Waals surface area contributed by atoms with Gasteiger partial charge in [0.1, 0.15) is 0 Å². The Balaban J connectivity index is 2.22. The Morgan fingerprint density at radius 3 is 2.30 bits per heavy atom. The van der Waals surface area contributed by atoms with Crippen LogP contribution in [0.25, 0.3) is 0 Å². The van der Waals surface area contributed by atoms with Crippen LogP contribution < -0.4 is 5.32 Å². The second kappa shape index (κ2) is 4.79. The molecule has 0 aromatic heterocycles. The van der Waals surface area contributed by atoms with Crippen molar-refractivity contribution in [2.75, 3.05) is 0 Å². The standard InChI is InChI=1S/C15H18F3NO/c1-9-7-12(9)19-13(20)14(2,3)10-5-4-6-11(8-10)15(16,17)18/h4-6,8-9,12H,7H2,1-3H3,(H,19,20). The van der Waals surface area contributed by atoms with Gasteiger partial charge in [-0.05, 0) is 37.8 Å². The van der Waals surface area contributed by atoms with Crippen molar-refractivity contribution in [1.82, 2.24) is 5.32 Å². The van der Waals surface area contributed by atoms with Gasteiger partial charge in [-0.2, -0.15) is 13.2 Å². The predicted octanol–water partition coefficient (Wildman–Crippen LogP) is 3.51. The van der Waals surface area contributed by atoms with Crippen LogP contribution in [-0.2, 0) is 16.4 Å². The summed E-state index contributed by atoms with van der Waals surface area (Å²) in [6.45, 7) is 5.32. The van der Waals surface area contributed by atoms with Crippen molar-refractivity contribution in [2.24, 2.45) is 5.92 Å². The van der Waals surface area contributed by atoms with E-state index in [0.717, 1.165) is 18.6 Å². The van der Waals surface area contributed by atoms with Gasteiger partial charge in [0.2, 0.25) is 5.91 Å². The van der Waals surface area contributed by atoms with Crippen LogP contribution in [0.15, 0.2) is 24.3 Å². The Hall–Kier alpha value is -1.52. The number of alkyl halides is 3. The summed E-state index contributed by atoms with van der Waals surface area (Å²) in [5.41, 5.74) is -1.34. The lowest BCUT2D eigenvalue weighted by atomic mass is 9.83. The minimum absolute atomic E-state index is 0.160. The second-order valence-corrected chi connectivity index (χ2v) is 6.00. The largest absolute Gasteiger partial charge is 0.416 e. The van der Waals surface area contributed by atoms with Crippen molar-refractivity contribution in [3.8, 4) is 0 Å². The van der Waals surface area contributed by atoms with E-state index in [2.05, 4.69) is 5.32 Å². The monoisotopic (exact) mass is 285 g/mol. The molecule has 2 unspecified atom stereocenters. The highest BCUT2D eigenvalue weighted by Crippen LogP contribution is 2.34. The van der Waals surface area contributed by atoms with Crippen molar-refractivity contribution >= 4 is 5.91 Å². The molecule has 2 nitrogen and oxygen atoms in total.